The zero-order chi connectivity index (χ0) is 31.1. The Balaban J connectivity index is 1.21. The number of nitrogens with one attached hydrogen (secondary N) is 3. The number of carbonyl (C=O) groups excluding carboxylic acids is 1. The van der Waals surface area contributed by atoms with Crippen molar-refractivity contribution in [3.8, 4) is 22.8 Å². The maximum atomic E-state index is 14.2. The van der Waals surface area contributed by atoms with Gasteiger partial charge in [-0.3, -0.25) is 4.79 Å². The molecule has 1 saturated heterocycles. The van der Waals surface area contributed by atoms with Gasteiger partial charge in [0.05, 0.1) is 6.20 Å². The molecule has 5 rings (SSSR count). The van der Waals surface area contributed by atoms with Crippen LogP contribution in [0.2, 0.25) is 0 Å². The Bertz CT molecular complexity index is 1430. The quantitative estimate of drug-likeness (QED) is 0.238. The van der Waals surface area contributed by atoms with Crippen molar-refractivity contribution < 1.29 is 23.8 Å². The third kappa shape index (κ3) is 8.76. The van der Waals surface area contributed by atoms with Gasteiger partial charge in [0.2, 0.25) is 5.88 Å². The van der Waals surface area contributed by atoms with Crippen LogP contribution >= 0.6 is 0 Å². The molecule has 44 heavy (non-hydrogen) atoms. The molecule has 2 aromatic carbocycles. The molecule has 1 aliphatic heterocycles. The summed E-state index contributed by atoms with van der Waals surface area (Å²) < 4.78 is 20.2. The highest BCUT2D eigenvalue weighted by atomic mass is 19.1. The van der Waals surface area contributed by atoms with Gasteiger partial charge < -0.3 is 30.7 Å². The van der Waals surface area contributed by atoms with E-state index in [1.54, 1.807) is 6.07 Å². The number of hydrogen-bond acceptors (Lipinski definition) is 6. The summed E-state index contributed by atoms with van der Waals surface area (Å²) in [5.74, 6) is -0.602. The summed E-state index contributed by atoms with van der Waals surface area (Å²) in [4.78, 5) is 30.7. The van der Waals surface area contributed by atoms with Crippen LogP contribution in [0, 0.1) is 5.82 Å². The summed E-state index contributed by atoms with van der Waals surface area (Å²) in [5.41, 5.74) is 3.32. The van der Waals surface area contributed by atoms with E-state index in [2.05, 4.69) is 63.9 Å². The van der Waals surface area contributed by atoms with Gasteiger partial charge in [0, 0.05) is 37.3 Å². The molecule has 0 radical (unpaired) electrons. The van der Waals surface area contributed by atoms with Crippen molar-refractivity contribution >= 4 is 12.0 Å². The van der Waals surface area contributed by atoms with E-state index < -0.39 is 17.8 Å². The van der Waals surface area contributed by atoms with E-state index in [0.29, 0.717) is 43.5 Å². The first-order valence-corrected chi connectivity index (χ1v) is 15.5. The van der Waals surface area contributed by atoms with Crippen molar-refractivity contribution in [2.45, 2.75) is 76.5 Å². The predicted octanol–water partition coefficient (Wildman–Crippen LogP) is 5.60. The van der Waals surface area contributed by atoms with Crippen LogP contribution in [0.25, 0.3) is 11.1 Å². The molecule has 0 unspecified atom stereocenters. The third-order valence-electron chi connectivity index (χ3n) is 8.33. The van der Waals surface area contributed by atoms with Crippen LogP contribution in [0.3, 0.4) is 0 Å². The monoisotopic (exact) mass is 603 g/mol. The lowest BCUT2D eigenvalue weighted by Crippen LogP contribution is -2.54. The topological polar surface area (TPSA) is 116 Å². The molecule has 1 aliphatic carbocycles. The normalized spacial score (nSPS) is 22.2. The molecule has 0 spiro atoms. The fraction of sp³-hybridized carbons (Fsp3) is 0.441. The van der Waals surface area contributed by atoms with Gasteiger partial charge in [-0.15, -0.1) is 0 Å². The van der Waals surface area contributed by atoms with E-state index in [1.165, 1.54) is 5.56 Å². The zero-order valence-electron chi connectivity index (χ0n) is 25.4. The molecule has 2 fully saturated rings. The predicted molar refractivity (Wildman–Crippen MR) is 168 cm³/mol. The Labute approximate surface area is 258 Å². The van der Waals surface area contributed by atoms with E-state index in [9.17, 15) is 14.0 Å². The number of rotatable bonds is 10. The number of pyridine rings is 1. The van der Waals surface area contributed by atoms with Gasteiger partial charge in [-0.05, 0) is 93.8 Å². The van der Waals surface area contributed by atoms with Crippen molar-refractivity contribution in [1.29, 1.82) is 0 Å². The molecule has 2 heterocycles. The molecular weight excluding hydrogens is 561 g/mol. The van der Waals surface area contributed by atoms with Crippen LogP contribution in [0.4, 0.5) is 9.18 Å². The number of halogens is 1. The third-order valence-corrected chi connectivity index (χ3v) is 8.33. The number of aryl methyl sites for hydroxylation is 1. The summed E-state index contributed by atoms with van der Waals surface area (Å²) in [6.45, 7) is 7.71. The number of carboxylic acid groups (broad SMARTS) is 1. The van der Waals surface area contributed by atoms with E-state index in [0.717, 1.165) is 55.9 Å². The summed E-state index contributed by atoms with van der Waals surface area (Å²) in [6, 6.07) is 18.0. The zero-order valence-corrected chi connectivity index (χ0v) is 25.4. The lowest BCUT2D eigenvalue weighted by molar-refractivity contribution is 0.0919. The van der Waals surface area contributed by atoms with Gasteiger partial charge in [-0.25, -0.2) is 14.2 Å². The number of aromatic nitrogens is 1. The minimum atomic E-state index is -1.05. The van der Waals surface area contributed by atoms with E-state index in [1.807, 2.05) is 18.2 Å². The van der Waals surface area contributed by atoms with Gasteiger partial charge >= 0.3 is 6.09 Å². The Hall–Kier alpha value is -4.02. The molecule has 3 aromatic rings. The van der Waals surface area contributed by atoms with Crippen LogP contribution in [0.1, 0.15) is 61.9 Å². The summed E-state index contributed by atoms with van der Waals surface area (Å²) in [6.07, 6.45) is 4.53. The first-order valence-electron chi connectivity index (χ1n) is 15.5. The highest BCUT2D eigenvalue weighted by molar-refractivity contribution is 5.96. The number of hydrogen-bond donors (Lipinski definition) is 4. The number of piperazine rings is 1. The molecule has 10 heteroatoms. The molecule has 4 N–H and O–H groups in total. The molecule has 2 aliphatic rings. The first kappa shape index (κ1) is 31.4. The van der Waals surface area contributed by atoms with Gasteiger partial charge in [-0.2, -0.15) is 0 Å². The maximum Gasteiger partial charge on any atom is 0.404 e. The van der Waals surface area contributed by atoms with Crippen molar-refractivity contribution in [1.82, 2.24) is 25.8 Å². The second-order valence-electron chi connectivity index (χ2n) is 12.1. The number of benzene rings is 2. The Morgan fingerprint density at radius 3 is 2.34 bits per heavy atom. The molecule has 2 amide bonds. The summed E-state index contributed by atoms with van der Waals surface area (Å²) in [7, 11) is 0. The lowest BCUT2D eigenvalue weighted by atomic mass is 9.91. The molecule has 1 saturated carbocycles. The van der Waals surface area contributed by atoms with E-state index >= 15 is 0 Å². The standard InChI is InChI=1S/C34H42FN5O4/c1-22-20-40(21-23(2)37-22)15-5-7-24-6-3-8-25(16-24)26-9-4-10-30(17-26)44-33-31(18-27(35)19-36-33)32(41)38-28-11-13-29(14-12-28)39-34(42)43/h3-4,6,8-10,16-19,22-23,28-29,37,39H,5,7,11-15,20-21H2,1-2H3,(H,38,41)(H,42,43)/t22-,23+,28?,29?. The molecule has 234 valence electrons. The van der Waals surface area contributed by atoms with Crippen LogP contribution in [0.15, 0.2) is 60.8 Å². The minimum Gasteiger partial charge on any atom is -0.465 e. The highest BCUT2D eigenvalue weighted by Gasteiger charge is 2.26. The van der Waals surface area contributed by atoms with Crippen LogP contribution in [0.5, 0.6) is 11.6 Å². The smallest absolute Gasteiger partial charge is 0.404 e. The highest BCUT2D eigenvalue weighted by Crippen LogP contribution is 2.30. The second kappa shape index (κ2) is 14.6. The number of ether oxygens (including phenoxy) is 1. The molecule has 9 nitrogen and oxygen atoms in total. The second-order valence-corrected chi connectivity index (χ2v) is 12.1. The fourth-order valence-corrected chi connectivity index (χ4v) is 6.38. The number of amides is 2. The van der Waals surface area contributed by atoms with E-state index in [4.69, 9.17) is 9.84 Å². The SMILES string of the molecule is C[C@@H]1CN(CCCc2cccc(-c3cccc(Oc4ncc(F)cc4C(=O)NC4CCC(NC(=O)O)CC4)c3)c2)C[C@H](C)N1. The van der Waals surface area contributed by atoms with E-state index in [-0.39, 0.29) is 23.5 Å². The van der Waals surface area contributed by atoms with Crippen molar-refractivity contribution in [3.63, 3.8) is 0 Å². The van der Waals surface area contributed by atoms with Crippen molar-refractivity contribution in [3.05, 3.63) is 77.7 Å². The Morgan fingerprint density at radius 2 is 1.64 bits per heavy atom. The summed E-state index contributed by atoms with van der Waals surface area (Å²) >= 11 is 0. The number of carbonyl (C=O) groups is 2. The summed E-state index contributed by atoms with van der Waals surface area (Å²) in [5, 5.41) is 18.0. The van der Waals surface area contributed by atoms with Gasteiger partial charge in [0.15, 0.2) is 0 Å². The van der Waals surface area contributed by atoms with Crippen LogP contribution in [-0.4, -0.2) is 70.8 Å². The fourth-order valence-electron chi connectivity index (χ4n) is 6.38. The van der Waals surface area contributed by atoms with Crippen LogP contribution in [-0.2, 0) is 6.42 Å². The van der Waals surface area contributed by atoms with Crippen molar-refractivity contribution in [2.24, 2.45) is 0 Å². The average molecular weight is 604 g/mol. The first-order chi connectivity index (χ1) is 21.2. The minimum absolute atomic E-state index is 0.0106. The molecule has 0 bridgehead atoms. The Morgan fingerprint density at radius 1 is 0.977 bits per heavy atom. The van der Waals surface area contributed by atoms with Gasteiger partial charge in [0.25, 0.3) is 5.91 Å². The van der Waals surface area contributed by atoms with Gasteiger partial charge in [-0.1, -0.05) is 36.4 Å². The number of nitrogens with zero attached hydrogens (tertiary/aromatic N) is 2. The van der Waals surface area contributed by atoms with Crippen molar-refractivity contribution in [2.75, 3.05) is 19.6 Å². The molecule has 1 aromatic heterocycles. The lowest BCUT2D eigenvalue weighted by Gasteiger charge is -2.36. The van der Waals surface area contributed by atoms with Crippen LogP contribution < -0.4 is 20.7 Å². The van der Waals surface area contributed by atoms with Gasteiger partial charge in [0.1, 0.15) is 17.1 Å². The molecular formula is C34H42FN5O4. The average Bonchev–Trinajstić information content (AvgIpc) is 2.99. The Kier molecular flexibility index (Phi) is 10.4. The largest absolute Gasteiger partial charge is 0.465 e. The molecule has 2 atom stereocenters. The maximum absolute atomic E-state index is 14.2.